The molecule has 0 bridgehead atoms. The van der Waals surface area contributed by atoms with Crippen LogP contribution in [0, 0.1) is 5.41 Å². The Bertz CT molecular complexity index is 231. The zero-order valence-corrected chi connectivity index (χ0v) is 7.71. The number of rotatable bonds is 4. The second-order valence-electron chi connectivity index (χ2n) is 2.27. The maximum Gasteiger partial charge on any atom is 0.0632 e. The normalized spacial score (nSPS) is 9.91. The number of aryl methyl sites for hydroxylation is 1. The highest BCUT2D eigenvalue weighted by Gasteiger charge is 1.92. The number of nitrogens with zero attached hydrogens (tertiary/aromatic N) is 2. The summed E-state index contributed by atoms with van der Waals surface area (Å²) in [5.74, 6) is 0. The molecule has 1 aromatic heterocycles. The lowest BCUT2D eigenvalue weighted by Crippen LogP contribution is -1.97. The summed E-state index contributed by atoms with van der Waals surface area (Å²) in [4.78, 5) is 0. The molecule has 3 nitrogen and oxygen atoms in total. The number of halogens is 1. The van der Waals surface area contributed by atoms with Crippen LogP contribution in [-0.4, -0.2) is 16.0 Å². The summed E-state index contributed by atoms with van der Waals surface area (Å²) in [5.41, 5.74) is 0. The first-order valence-electron chi connectivity index (χ1n) is 3.50. The van der Waals surface area contributed by atoms with E-state index in [9.17, 15) is 0 Å². The minimum atomic E-state index is 0.831. The molecular formula is C7H10BrN3. The molecule has 0 spiro atoms. The maximum absolute atomic E-state index is 6.81. The molecule has 11 heavy (non-hydrogen) atoms. The van der Waals surface area contributed by atoms with Crippen molar-refractivity contribution in [3.63, 3.8) is 0 Å². The van der Waals surface area contributed by atoms with Gasteiger partial charge in [-0.15, -0.1) is 0 Å². The van der Waals surface area contributed by atoms with E-state index in [0.717, 1.165) is 23.9 Å². The van der Waals surface area contributed by atoms with Crippen LogP contribution in [0.15, 0.2) is 16.9 Å². The van der Waals surface area contributed by atoms with E-state index in [-0.39, 0.29) is 0 Å². The van der Waals surface area contributed by atoms with Crippen LogP contribution in [0.1, 0.15) is 12.8 Å². The summed E-state index contributed by atoms with van der Waals surface area (Å²) in [5, 5.41) is 10.9. The zero-order chi connectivity index (χ0) is 8.10. The zero-order valence-electron chi connectivity index (χ0n) is 6.13. The van der Waals surface area contributed by atoms with Crippen LogP contribution in [-0.2, 0) is 6.54 Å². The first-order valence-corrected chi connectivity index (χ1v) is 4.29. The second-order valence-corrected chi connectivity index (χ2v) is 3.18. The van der Waals surface area contributed by atoms with Gasteiger partial charge in [0.25, 0.3) is 0 Å². The molecule has 0 saturated heterocycles. The molecule has 1 rings (SSSR count). The van der Waals surface area contributed by atoms with E-state index in [2.05, 4.69) is 21.0 Å². The third kappa shape index (κ3) is 2.84. The maximum atomic E-state index is 6.81. The van der Waals surface area contributed by atoms with Gasteiger partial charge in [-0.25, -0.2) is 0 Å². The van der Waals surface area contributed by atoms with Gasteiger partial charge in [-0.3, -0.25) is 4.68 Å². The quantitative estimate of drug-likeness (QED) is 0.607. The molecule has 0 saturated carbocycles. The SMILES string of the molecule is N=CCCCn1cc(Br)cn1. The Hall–Kier alpha value is -0.640. The summed E-state index contributed by atoms with van der Waals surface area (Å²) in [6.45, 7) is 0.890. The summed E-state index contributed by atoms with van der Waals surface area (Å²) in [7, 11) is 0. The average molecular weight is 216 g/mol. The standard InChI is InChI=1S/C7H10BrN3/c8-7-5-10-11(6-7)4-2-1-3-9/h3,5-6,9H,1-2,4H2. The van der Waals surface area contributed by atoms with Gasteiger partial charge in [-0.05, 0) is 35.0 Å². The summed E-state index contributed by atoms with van der Waals surface area (Å²) in [6.07, 6.45) is 6.95. The fourth-order valence-electron chi connectivity index (χ4n) is 0.816. The number of hydrogen-bond donors (Lipinski definition) is 1. The highest BCUT2D eigenvalue weighted by Crippen LogP contribution is 2.06. The molecule has 4 heteroatoms. The van der Waals surface area contributed by atoms with Crippen molar-refractivity contribution in [3.8, 4) is 0 Å². The van der Waals surface area contributed by atoms with Gasteiger partial charge in [0.05, 0.1) is 10.7 Å². The van der Waals surface area contributed by atoms with Gasteiger partial charge in [-0.2, -0.15) is 5.10 Å². The van der Waals surface area contributed by atoms with E-state index in [1.165, 1.54) is 6.21 Å². The van der Waals surface area contributed by atoms with Crippen molar-refractivity contribution in [1.82, 2.24) is 9.78 Å². The van der Waals surface area contributed by atoms with Gasteiger partial charge in [0.1, 0.15) is 0 Å². The van der Waals surface area contributed by atoms with Crippen LogP contribution in [0.2, 0.25) is 0 Å². The first-order chi connectivity index (χ1) is 5.33. The molecule has 0 radical (unpaired) electrons. The number of nitrogens with one attached hydrogen (secondary N) is 1. The van der Waals surface area contributed by atoms with Gasteiger partial charge in [0, 0.05) is 12.7 Å². The van der Waals surface area contributed by atoms with Crippen LogP contribution in [0.3, 0.4) is 0 Å². The Morgan fingerprint density at radius 3 is 3.09 bits per heavy atom. The fraction of sp³-hybridized carbons (Fsp3) is 0.429. The Balaban J connectivity index is 2.32. The van der Waals surface area contributed by atoms with Crippen molar-refractivity contribution in [2.45, 2.75) is 19.4 Å². The molecule has 0 aromatic carbocycles. The smallest absolute Gasteiger partial charge is 0.0632 e. The van der Waals surface area contributed by atoms with Crippen LogP contribution in [0.5, 0.6) is 0 Å². The van der Waals surface area contributed by atoms with Gasteiger partial charge in [0.2, 0.25) is 0 Å². The Morgan fingerprint density at radius 2 is 2.55 bits per heavy atom. The Morgan fingerprint density at radius 1 is 1.73 bits per heavy atom. The van der Waals surface area contributed by atoms with E-state index in [0.29, 0.717) is 0 Å². The molecular weight excluding hydrogens is 206 g/mol. The van der Waals surface area contributed by atoms with Gasteiger partial charge in [-0.1, -0.05) is 0 Å². The van der Waals surface area contributed by atoms with Crippen molar-refractivity contribution in [2.75, 3.05) is 0 Å². The van der Waals surface area contributed by atoms with Crippen LogP contribution in [0.25, 0.3) is 0 Å². The van der Waals surface area contributed by atoms with Gasteiger partial charge >= 0.3 is 0 Å². The van der Waals surface area contributed by atoms with E-state index in [1.807, 2.05) is 10.9 Å². The van der Waals surface area contributed by atoms with E-state index in [4.69, 9.17) is 5.41 Å². The fourth-order valence-corrected chi connectivity index (χ4v) is 1.14. The summed E-state index contributed by atoms with van der Waals surface area (Å²) < 4.78 is 2.88. The summed E-state index contributed by atoms with van der Waals surface area (Å²) in [6, 6.07) is 0. The Kier molecular flexibility index (Phi) is 3.29. The van der Waals surface area contributed by atoms with Crippen LogP contribution < -0.4 is 0 Å². The second kappa shape index (κ2) is 4.28. The lowest BCUT2D eigenvalue weighted by Gasteiger charge is -1.96. The molecule has 0 aliphatic carbocycles. The van der Waals surface area contributed by atoms with Crippen molar-refractivity contribution in [1.29, 1.82) is 5.41 Å². The first kappa shape index (κ1) is 8.46. The van der Waals surface area contributed by atoms with E-state index >= 15 is 0 Å². The average Bonchev–Trinajstić information content (AvgIpc) is 2.37. The van der Waals surface area contributed by atoms with Gasteiger partial charge in [0.15, 0.2) is 0 Å². The Labute approximate surface area is 74.1 Å². The van der Waals surface area contributed by atoms with Crippen molar-refractivity contribution in [2.24, 2.45) is 0 Å². The van der Waals surface area contributed by atoms with Gasteiger partial charge < -0.3 is 5.41 Å². The molecule has 0 aliphatic heterocycles. The highest BCUT2D eigenvalue weighted by atomic mass is 79.9. The lowest BCUT2D eigenvalue weighted by atomic mass is 10.3. The molecule has 0 amide bonds. The molecule has 1 N–H and O–H groups in total. The van der Waals surface area contributed by atoms with E-state index < -0.39 is 0 Å². The number of aromatic nitrogens is 2. The molecule has 1 aromatic rings. The molecule has 0 fully saturated rings. The van der Waals surface area contributed by atoms with E-state index in [1.54, 1.807) is 6.20 Å². The predicted molar refractivity (Wildman–Crippen MR) is 47.9 cm³/mol. The van der Waals surface area contributed by atoms with Crippen LogP contribution >= 0.6 is 15.9 Å². The minimum absolute atomic E-state index is 0.831. The largest absolute Gasteiger partial charge is 0.313 e. The molecule has 0 unspecified atom stereocenters. The van der Waals surface area contributed by atoms with Crippen molar-refractivity contribution >= 4 is 22.1 Å². The monoisotopic (exact) mass is 215 g/mol. The van der Waals surface area contributed by atoms with Crippen molar-refractivity contribution in [3.05, 3.63) is 16.9 Å². The third-order valence-corrected chi connectivity index (χ3v) is 1.75. The molecule has 0 atom stereocenters. The topological polar surface area (TPSA) is 41.7 Å². The highest BCUT2D eigenvalue weighted by molar-refractivity contribution is 9.10. The third-order valence-electron chi connectivity index (χ3n) is 1.34. The van der Waals surface area contributed by atoms with Crippen LogP contribution in [0.4, 0.5) is 0 Å². The minimum Gasteiger partial charge on any atom is -0.313 e. The molecule has 60 valence electrons. The summed E-state index contributed by atoms with van der Waals surface area (Å²) >= 11 is 3.31. The number of unbranched alkanes of at least 4 members (excludes halogenated alkanes) is 1. The van der Waals surface area contributed by atoms with Crippen molar-refractivity contribution < 1.29 is 0 Å². The lowest BCUT2D eigenvalue weighted by molar-refractivity contribution is 0.590. The predicted octanol–water partition coefficient (Wildman–Crippen LogP) is 2.08. The number of hydrogen-bond acceptors (Lipinski definition) is 2. The molecule has 0 aliphatic rings. The molecule has 1 heterocycles.